The highest BCUT2D eigenvalue weighted by atomic mass is 19.1. The summed E-state index contributed by atoms with van der Waals surface area (Å²) in [5.41, 5.74) is 6.29. The molecule has 106 valence electrons. The van der Waals surface area contributed by atoms with Crippen LogP contribution >= 0.6 is 0 Å². The maximum atomic E-state index is 14.1. The summed E-state index contributed by atoms with van der Waals surface area (Å²) in [7, 11) is 1.62. The molecule has 2 unspecified atom stereocenters. The van der Waals surface area contributed by atoms with Crippen molar-refractivity contribution in [3.8, 4) is 0 Å². The lowest BCUT2D eigenvalue weighted by Crippen LogP contribution is -2.24. The summed E-state index contributed by atoms with van der Waals surface area (Å²) in [5.74, 6) is -1.04. The van der Waals surface area contributed by atoms with Crippen LogP contribution in [0.5, 0.6) is 0 Å². The second-order valence-electron chi connectivity index (χ2n) is 5.18. The fourth-order valence-corrected chi connectivity index (χ4v) is 2.53. The number of rotatable bonds is 4. The van der Waals surface area contributed by atoms with Gasteiger partial charge < -0.3 is 15.4 Å². The molecule has 1 aliphatic heterocycles. The van der Waals surface area contributed by atoms with Crippen LogP contribution in [0.15, 0.2) is 12.1 Å². The van der Waals surface area contributed by atoms with E-state index in [0.29, 0.717) is 25.1 Å². The molecule has 1 aromatic carbocycles. The number of nitrogens with zero attached hydrogens (tertiary/aromatic N) is 1. The van der Waals surface area contributed by atoms with Gasteiger partial charge in [-0.25, -0.2) is 8.78 Å². The van der Waals surface area contributed by atoms with E-state index >= 15 is 0 Å². The summed E-state index contributed by atoms with van der Waals surface area (Å²) in [5, 5.41) is 0. The predicted molar refractivity (Wildman–Crippen MR) is 71.3 cm³/mol. The van der Waals surface area contributed by atoms with E-state index in [9.17, 15) is 8.78 Å². The second-order valence-corrected chi connectivity index (χ2v) is 5.18. The number of hydrogen-bond donors (Lipinski definition) is 1. The number of methoxy groups -OCH3 is 1. The molecule has 5 heteroatoms. The fourth-order valence-electron chi connectivity index (χ4n) is 2.53. The average Bonchev–Trinajstić information content (AvgIpc) is 2.75. The van der Waals surface area contributed by atoms with Crippen LogP contribution in [0, 0.1) is 11.6 Å². The number of halogens is 2. The number of ether oxygens (including phenoxy) is 1. The minimum atomic E-state index is -0.521. The molecule has 0 aliphatic carbocycles. The number of anilines is 1. The van der Waals surface area contributed by atoms with Gasteiger partial charge in [0.1, 0.15) is 17.3 Å². The molecule has 2 atom stereocenters. The number of benzene rings is 1. The fraction of sp³-hybridized carbons (Fsp3) is 0.571. The Hall–Kier alpha value is -1.20. The Bertz CT molecular complexity index is 428. The van der Waals surface area contributed by atoms with E-state index in [-0.39, 0.29) is 17.8 Å². The number of hydrogen-bond acceptors (Lipinski definition) is 3. The first-order valence-corrected chi connectivity index (χ1v) is 6.52. The molecule has 0 radical (unpaired) electrons. The third-order valence-electron chi connectivity index (χ3n) is 3.43. The zero-order valence-electron chi connectivity index (χ0n) is 11.3. The topological polar surface area (TPSA) is 38.5 Å². The summed E-state index contributed by atoms with van der Waals surface area (Å²) in [6.45, 7) is 2.95. The lowest BCUT2D eigenvalue weighted by molar-refractivity contribution is 0.121. The first-order chi connectivity index (χ1) is 9.01. The summed E-state index contributed by atoms with van der Waals surface area (Å²) in [4.78, 5) is 1.70. The van der Waals surface area contributed by atoms with Crippen LogP contribution < -0.4 is 10.6 Å². The Morgan fingerprint density at radius 3 is 2.53 bits per heavy atom. The standard InChI is InChI=1S/C14H20F2N2O/c1-9(17)5-10-6-12(15)14(13(16)7-10)18-4-3-11(8-18)19-2/h6-7,9,11H,3-5,8,17H2,1-2H3. The predicted octanol–water partition coefficient (Wildman–Crippen LogP) is 2.08. The van der Waals surface area contributed by atoms with Gasteiger partial charge in [0.05, 0.1) is 6.10 Å². The average molecular weight is 270 g/mol. The van der Waals surface area contributed by atoms with E-state index in [1.165, 1.54) is 12.1 Å². The highest BCUT2D eigenvalue weighted by molar-refractivity contribution is 5.51. The van der Waals surface area contributed by atoms with Crippen molar-refractivity contribution in [2.75, 3.05) is 25.1 Å². The molecule has 1 saturated heterocycles. The molecule has 0 amide bonds. The molecule has 0 aromatic heterocycles. The van der Waals surface area contributed by atoms with Gasteiger partial charge in [0.2, 0.25) is 0 Å². The minimum absolute atomic E-state index is 0.0440. The smallest absolute Gasteiger partial charge is 0.149 e. The Kier molecular flexibility index (Phi) is 4.37. The molecule has 2 rings (SSSR count). The van der Waals surface area contributed by atoms with Crippen molar-refractivity contribution >= 4 is 5.69 Å². The van der Waals surface area contributed by atoms with Crippen LogP contribution in [0.25, 0.3) is 0 Å². The Morgan fingerprint density at radius 1 is 1.42 bits per heavy atom. The maximum absolute atomic E-state index is 14.1. The van der Waals surface area contributed by atoms with E-state index in [2.05, 4.69) is 0 Å². The first kappa shape index (κ1) is 14.2. The van der Waals surface area contributed by atoms with Crippen molar-refractivity contribution in [2.24, 2.45) is 5.73 Å². The minimum Gasteiger partial charge on any atom is -0.380 e. The van der Waals surface area contributed by atoms with Gasteiger partial charge in [0.25, 0.3) is 0 Å². The molecule has 1 aromatic rings. The summed E-state index contributed by atoms with van der Waals surface area (Å²) >= 11 is 0. The Balaban J connectivity index is 2.22. The normalized spacial score (nSPS) is 20.9. The van der Waals surface area contributed by atoms with E-state index in [1.807, 2.05) is 6.92 Å². The van der Waals surface area contributed by atoms with Crippen LogP contribution in [0.1, 0.15) is 18.9 Å². The Morgan fingerprint density at radius 2 is 2.05 bits per heavy atom. The van der Waals surface area contributed by atoms with Crippen LogP contribution in [-0.2, 0) is 11.2 Å². The molecule has 19 heavy (non-hydrogen) atoms. The molecule has 1 heterocycles. The van der Waals surface area contributed by atoms with Crippen molar-refractivity contribution in [1.29, 1.82) is 0 Å². The molecular formula is C14H20F2N2O. The lowest BCUT2D eigenvalue weighted by Gasteiger charge is -2.20. The van der Waals surface area contributed by atoms with Crippen LogP contribution in [0.3, 0.4) is 0 Å². The third-order valence-corrected chi connectivity index (χ3v) is 3.43. The monoisotopic (exact) mass is 270 g/mol. The molecule has 0 bridgehead atoms. The summed E-state index contributed by atoms with van der Waals surface area (Å²) < 4.78 is 33.4. The molecule has 3 nitrogen and oxygen atoms in total. The maximum Gasteiger partial charge on any atom is 0.149 e. The largest absolute Gasteiger partial charge is 0.380 e. The van der Waals surface area contributed by atoms with Crippen molar-refractivity contribution in [2.45, 2.75) is 31.9 Å². The lowest BCUT2D eigenvalue weighted by atomic mass is 10.1. The zero-order valence-corrected chi connectivity index (χ0v) is 11.3. The van der Waals surface area contributed by atoms with Crippen molar-refractivity contribution < 1.29 is 13.5 Å². The molecule has 1 fully saturated rings. The van der Waals surface area contributed by atoms with Gasteiger partial charge in [0.15, 0.2) is 0 Å². The molecular weight excluding hydrogens is 250 g/mol. The van der Waals surface area contributed by atoms with Gasteiger partial charge >= 0.3 is 0 Å². The van der Waals surface area contributed by atoms with Gasteiger partial charge in [-0.3, -0.25) is 0 Å². The Labute approximate surface area is 112 Å². The molecule has 1 aliphatic rings. The van der Waals surface area contributed by atoms with Gasteiger partial charge in [-0.1, -0.05) is 0 Å². The molecule has 0 spiro atoms. The number of nitrogens with two attached hydrogens (primary N) is 1. The van der Waals surface area contributed by atoms with Crippen LogP contribution in [-0.4, -0.2) is 32.3 Å². The second kappa shape index (κ2) is 5.84. The van der Waals surface area contributed by atoms with Crippen LogP contribution in [0.2, 0.25) is 0 Å². The zero-order chi connectivity index (χ0) is 14.0. The summed E-state index contributed by atoms with van der Waals surface area (Å²) in [6, 6.07) is 2.64. The molecule has 0 saturated carbocycles. The molecule has 2 N–H and O–H groups in total. The summed E-state index contributed by atoms with van der Waals surface area (Å²) in [6.07, 6.45) is 1.30. The van der Waals surface area contributed by atoms with Gasteiger partial charge in [-0.15, -0.1) is 0 Å². The highest BCUT2D eigenvalue weighted by Gasteiger charge is 2.27. The van der Waals surface area contributed by atoms with E-state index in [0.717, 1.165) is 6.42 Å². The quantitative estimate of drug-likeness (QED) is 0.910. The van der Waals surface area contributed by atoms with E-state index in [4.69, 9.17) is 10.5 Å². The van der Waals surface area contributed by atoms with E-state index in [1.54, 1.807) is 12.0 Å². The highest BCUT2D eigenvalue weighted by Crippen LogP contribution is 2.29. The van der Waals surface area contributed by atoms with Crippen molar-refractivity contribution in [3.63, 3.8) is 0 Å². The van der Waals surface area contributed by atoms with Crippen molar-refractivity contribution in [1.82, 2.24) is 0 Å². The van der Waals surface area contributed by atoms with E-state index < -0.39 is 11.6 Å². The van der Waals surface area contributed by atoms with Crippen LogP contribution in [0.4, 0.5) is 14.5 Å². The van der Waals surface area contributed by atoms with Gasteiger partial charge in [-0.2, -0.15) is 0 Å². The SMILES string of the molecule is COC1CCN(c2c(F)cc(CC(C)N)cc2F)C1. The first-order valence-electron chi connectivity index (χ1n) is 6.52. The van der Waals surface area contributed by atoms with Gasteiger partial charge in [0, 0.05) is 26.2 Å². The van der Waals surface area contributed by atoms with Gasteiger partial charge in [-0.05, 0) is 37.5 Å². The third kappa shape index (κ3) is 3.22. The van der Waals surface area contributed by atoms with Crippen molar-refractivity contribution in [3.05, 3.63) is 29.3 Å².